The third-order valence-corrected chi connectivity index (χ3v) is 1.97. The SMILES string of the molecule is Cc1cccc(N(C=O)C(=O)N(C)C)c1. The summed E-state index contributed by atoms with van der Waals surface area (Å²) in [7, 11) is 3.21. The minimum absolute atomic E-state index is 0.351. The molecule has 0 heterocycles. The molecule has 4 nitrogen and oxygen atoms in total. The van der Waals surface area contributed by atoms with E-state index in [-0.39, 0.29) is 6.03 Å². The van der Waals surface area contributed by atoms with Gasteiger partial charge in [-0.2, -0.15) is 0 Å². The van der Waals surface area contributed by atoms with E-state index in [0.717, 1.165) is 10.5 Å². The molecule has 0 saturated carbocycles. The molecule has 80 valence electrons. The fourth-order valence-corrected chi connectivity index (χ4v) is 1.21. The van der Waals surface area contributed by atoms with Crippen LogP contribution in [0.15, 0.2) is 24.3 Å². The topological polar surface area (TPSA) is 40.6 Å². The molecule has 1 aromatic rings. The van der Waals surface area contributed by atoms with E-state index in [1.165, 1.54) is 4.90 Å². The molecule has 0 aliphatic carbocycles. The van der Waals surface area contributed by atoms with Crippen LogP contribution in [0.5, 0.6) is 0 Å². The second kappa shape index (κ2) is 4.59. The lowest BCUT2D eigenvalue weighted by molar-refractivity contribution is -0.106. The van der Waals surface area contributed by atoms with Gasteiger partial charge in [-0.3, -0.25) is 4.79 Å². The number of aryl methyl sites for hydroxylation is 1. The first-order valence-corrected chi connectivity index (χ1v) is 4.58. The maximum absolute atomic E-state index is 11.6. The van der Waals surface area contributed by atoms with Crippen molar-refractivity contribution in [3.63, 3.8) is 0 Å². The largest absolute Gasteiger partial charge is 0.330 e. The van der Waals surface area contributed by atoms with Crippen molar-refractivity contribution >= 4 is 18.1 Å². The highest BCUT2D eigenvalue weighted by molar-refractivity contribution is 6.05. The minimum Gasteiger partial charge on any atom is -0.330 e. The first-order valence-electron chi connectivity index (χ1n) is 4.58. The highest BCUT2D eigenvalue weighted by Crippen LogP contribution is 2.15. The molecule has 0 aromatic heterocycles. The van der Waals surface area contributed by atoms with Crippen molar-refractivity contribution < 1.29 is 9.59 Å². The van der Waals surface area contributed by atoms with Gasteiger partial charge in [-0.25, -0.2) is 9.69 Å². The van der Waals surface area contributed by atoms with Gasteiger partial charge in [0.25, 0.3) is 0 Å². The molecular formula is C11H14N2O2. The van der Waals surface area contributed by atoms with Crippen molar-refractivity contribution in [2.24, 2.45) is 0 Å². The predicted molar refractivity (Wildman–Crippen MR) is 58.8 cm³/mol. The first kappa shape index (κ1) is 11.2. The number of hydrogen-bond donors (Lipinski definition) is 0. The fraction of sp³-hybridized carbons (Fsp3) is 0.273. The monoisotopic (exact) mass is 206 g/mol. The van der Waals surface area contributed by atoms with E-state index in [2.05, 4.69) is 0 Å². The van der Waals surface area contributed by atoms with Crippen LogP contribution >= 0.6 is 0 Å². The Bertz CT molecular complexity index is 375. The predicted octanol–water partition coefficient (Wildman–Crippen LogP) is 1.64. The molecule has 3 amide bonds. The Hall–Kier alpha value is -1.84. The van der Waals surface area contributed by atoms with Crippen molar-refractivity contribution in [2.75, 3.05) is 19.0 Å². The van der Waals surface area contributed by atoms with Gasteiger partial charge >= 0.3 is 6.03 Å². The van der Waals surface area contributed by atoms with Crippen molar-refractivity contribution in [2.45, 2.75) is 6.92 Å². The number of urea groups is 1. The summed E-state index contributed by atoms with van der Waals surface area (Å²) in [6, 6.07) is 6.88. The quantitative estimate of drug-likeness (QED) is 0.690. The van der Waals surface area contributed by atoms with E-state index in [1.807, 2.05) is 19.1 Å². The molecule has 0 aliphatic heterocycles. The van der Waals surface area contributed by atoms with E-state index < -0.39 is 0 Å². The fourth-order valence-electron chi connectivity index (χ4n) is 1.21. The maximum atomic E-state index is 11.6. The number of rotatable bonds is 2. The lowest BCUT2D eigenvalue weighted by atomic mass is 10.2. The number of amides is 3. The first-order chi connectivity index (χ1) is 7.06. The van der Waals surface area contributed by atoms with Crippen LogP contribution < -0.4 is 4.90 Å². The van der Waals surface area contributed by atoms with E-state index in [4.69, 9.17) is 0 Å². The van der Waals surface area contributed by atoms with E-state index in [9.17, 15) is 9.59 Å². The van der Waals surface area contributed by atoms with E-state index in [1.54, 1.807) is 26.2 Å². The number of anilines is 1. The third-order valence-electron chi connectivity index (χ3n) is 1.97. The summed E-state index contributed by atoms with van der Waals surface area (Å²) in [6.07, 6.45) is 0.525. The number of carbonyl (C=O) groups excluding carboxylic acids is 2. The molecule has 0 fully saturated rings. The van der Waals surface area contributed by atoms with Crippen molar-refractivity contribution in [3.05, 3.63) is 29.8 Å². The van der Waals surface area contributed by atoms with Crippen LogP contribution in [-0.4, -0.2) is 31.4 Å². The summed E-state index contributed by atoms with van der Waals surface area (Å²) >= 11 is 0. The second-order valence-electron chi connectivity index (χ2n) is 3.49. The number of benzene rings is 1. The number of hydrogen-bond acceptors (Lipinski definition) is 2. The summed E-state index contributed by atoms with van der Waals surface area (Å²) in [6.45, 7) is 1.91. The Kier molecular flexibility index (Phi) is 3.44. The molecule has 0 atom stereocenters. The second-order valence-corrected chi connectivity index (χ2v) is 3.49. The van der Waals surface area contributed by atoms with Gasteiger partial charge in [0.15, 0.2) is 0 Å². The van der Waals surface area contributed by atoms with Crippen molar-refractivity contribution in [1.82, 2.24) is 4.90 Å². The smallest absolute Gasteiger partial charge is 0.330 e. The lowest BCUT2D eigenvalue weighted by Gasteiger charge is -2.20. The van der Waals surface area contributed by atoms with Gasteiger partial charge in [-0.15, -0.1) is 0 Å². The van der Waals surface area contributed by atoms with Gasteiger partial charge in [0.2, 0.25) is 6.41 Å². The molecule has 0 unspecified atom stereocenters. The maximum Gasteiger partial charge on any atom is 0.330 e. The molecule has 1 rings (SSSR count). The highest BCUT2D eigenvalue weighted by Gasteiger charge is 2.16. The number of imide groups is 1. The number of carbonyl (C=O) groups is 2. The van der Waals surface area contributed by atoms with E-state index >= 15 is 0 Å². The molecule has 0 spiro atoms. The van der Waals surface area contributed by atoms with E-state index in [0.29, 0.717) is 12.1 Å². The Morgan fingerprint density at radius 2 is 2.00 bits per heavy atom. The minimum atomic E-state index is -0.351. The third kappa shape index (κ3) is 2.56. The zero-order chi connectivity index (χ0) is 11.4. The average molecular weight is 206 g/mol. The molecule has 0 aliphatic rings. The summed E-state index contributed by atoms with van der Waals surface area (Å²) in [5.41, 5.74) is 1.59. The van der Waals surface area contributed by atoms with Gasteiger partial charge in [0, 0.05) is 14.1 Å². The lowest BCUT2D eigenvalue weighted by Crippen LogP contribution is -2.38. The number of nitrogens with zero attached hydrogens (tertiary/aromatic N) is 2. The van der Waals surface area contributed by atoms with Crippen LogP contribution in [-0.2, 0) is 4.79 Å². The van der Waals surface area contributed by atoms with Gasteiger partial charge in [-0.1, -0.05) is 12.1 Å². The van der Waals surface area contributed by atoms with Crippen LogP contribution in [0.4, 0.5) is 10.5 Å². The van der Waals surface area contributed by atoms with Crippen molar-refractivity contribution in [1.29, 1.82) is 0 Å². The average Bonchev–Trinajstić information content (AvgIpc) is 2.18. The Morgan fingerprint density at radius 1 is 1.33 bits per heavy atom. The molecule has 0 saturated heterocycles. The van der Waals surface area contributed by atoms with Gasteiger partial charge in [-0.05, 0) is 24.6 Å². The summed E-state index contributed by atoms with van der Waals surface area (Å²) in [5, 5.41) is 0. The summed E-state index contributed by atoms with van der Waals surface area (Å²) in [4.78, 5) is 24.9. The summed E-state index contributed by atoms with van der Waals surface area (Å²) in [5.74, 6) is 0. The van der Waals surface area contributed by atoms with Crippen molar-refractivity contribution in [3.8, 4) is 0 Å². The molecule has 0 N–H and O–H groups in total. The van der Waals surface area contributed by atoms with Crippen LogP contribution in [0.25, 0.3) is 0 Å². The van der Waals surface area contributed by atoms with Gasteiger partial charge in [0.05, 0.1) is 5.69 Å². The zero-order valence-electron chi connectivity index (χ0n) is 9.10. The standard InChI is InChI=1S/C11H14N2O2/c1-9-5-4-6-10(7-9)13(8-14)11(15)12(2)3/h4-8H,1-3H3. The Morgan fingerprint density at radius 3 is 2.47 bits per heavy atom. The van der Waals surface area contributed by atoms with Gasteiger partial charge < -0.3 is 4.90 Å². The molecule has 0 radical (unpaired) electrons. The van der Waals surface area contributed by atoms with Gasteiger partial charge in [0.1, 0.15) is 0 Å². The normalized spacial score (nSPS) is 9.53. The molecule has 0 bridgehead atoms. The molecule has 4 heteroatoms. The van der Waals surface area contributed by atoms with Crippen LogP contribution in [0.3, 0.4) is 0 Å². The molecule has 15 heavy (non-hydrogen) atoms. The highest BCUT2D eigenvalue weighted by atomic mass is 16.2. The Balaban J connectivity index is 3.02. The van der Waals surface area contributed by atoms with Crippen LogP contribution in [0.1, 0.15) is 5.56 Å². The molecular weight excluding hydrogens is 192 g/mol. The summed E-state index contributed by atoms with van der Waals surface area (Å²) < 4.78 is 0. The van der Waals surface area contributed by atoms with Crippen LogP contribution in [0.2, 0.25) is 0 Å². The molecule has 1 aromatic carbocycles. The van der Waals surface area contributed by atoms with Crippen LogP contribution in [0, 0.1) is 6.92 Å². The zero-order valence-corrected chi connectivity index (χ0v) is 9.10. The Labute approximate surface area is 89.1 Å².